The minimum Gasteiger partial charge on any atom is -0.443 e. The number of aliphatic imine (C=N–C) groups is 1. The summed E-state index contributed by atoms with van der Waals surface area (Å²) in [6.07, 6.45) is 7.71. The van der Waals surface area contributed by atoms with Crippen LogP contribution in [0.1, 0.15) is 170 Å². The topological polar surface area (TPSA) is 199 Å². The normalized spacial score (nSPS) is 21.3. The number of carbonyl (C=O) groups excluding carboxylic acids is 3. The lowest BCUT2D eigenvalue weighted by molar-refractivity contribution is -0.172. The number of nitrogens with zero attached hydrogens (tertiary/aromatic N) is 7. The summed E-state index contributed by atoms with van der Waals surface area (Å²) >= 11 is 0. The number of fused-ring (bicyclic) bond motifs is 2. The molecule has 4 amide bonds. The Morgan fingerprint density at radius 1 is 0.875 bits per heavy atom. The summed E-state index contributed by atoms with van der Waals surface area (Å²) in [6.45, 7) is 19.1. The van der Waals surface area contributed by atoms with Gasteiger partial charge in [0.05, 0.1) is 12.6 Å². The summed E-state index contributed by atoms with van der Waals surface area (Å²) in [5.41, 5.74) is -2.13. The zero-order chi connectivity index (χ0) is 41.5. The van der Waals surface area contributed by atoms with Crippen molar-refractivity contribution in [1.29, 1.82) is 0 Å². The van der Waals surface area contributed by atoms with Gasteiger partial charge in [-0.2, -0.15) is 22.8 Å². The lowest BCUT2D eigenvalue weighted by atomic mass is 9.82. The van der Waals surface area contributed by atoms with Gasteiger partial charge in [0.1, 0.15) is 23.3 Å². The second-order valence-electron chi connectivity index (χ2n) is 16.9. The Bertz CT molecular complexity index is 1630. The van der Waals surface area contributed by atoms with E-state index in [2.05, 4.69) is 41.3 Å². The smallest absolute Gasteiger partial charge is 0.437 e. The number of carbonyl (C=O) groups is 3. The van der Waals surface area contributed by atoms with Gasteiger partial charge in [0.25, 0.3) is 0 Å². The van der Waals surface area contributed by atoms with Crippen LogP contribution in [-0.4, -0.2) is 105 Å². The molecule has 1 aromatic heterocycles. The molecule has 0 aromatic carbocycles. The average Bonchev–Trinajstić information content (AvgIpc) is 3.81. The fourth-order valence-electron chi connectivity index (χ4n) is 7.24. The molecule has 3 aliphatic rings. The van der Waals surface area contributed by atoms with Crippen molar-refractivity contribution in [2.24, 2.45) is 4.99 Å². The van der Waals surface area contributed by atoms with Crippen molar-refractivity contribution in [2.75, 3.05) is 19.6 Å². The first kappa shape index (κ1) is 45.2. The fourth-order valence-corrected chi connectivity index (χ4v) is 8.10. The van der Waals surface area contributed by atoms with E-state index in [9.17, 15) is 22.8 Å². The largest absolute Gasteiger partial charge is 0.443 e. The molecular weight excluding hydrogens is 749 g/mol. The van der Waals surface area contributed by atoms with Gasteiger partial charge in [-0.1, -0.05) is 66.2 Å². The molecule has 4 heterocycles. The third-order valence-corrected chi connectivity index (χ3v) is 10.5. The highest BCUT2D eigenvalue weighted by molar-refractivity contribution is 7.81. The van der Waals surface area contributed by atoms with Gasteiger partial charge in [-0.3, -0.25) is 0 Å². The molecular formula is C37H64N8O10S. The maximum absolute atomic E-state index is 13.8. The number of ether oxygens (including phenoxy) is 2. The van der Waals surface area contributed by atoms with E-state index in [1.807, 2.05) is 6.92 Å². The molecule has 0 aliphatic carbocycles. The number of urea groups is 1. The van der Waals surface area contributed by atoms with E-state index in [1.54, 1.807) is 46.6 Å². The molecule has 3 aliphatic heterocycles. The highest BCUT2D eigenvalue weighted by Crippen LogP contribution is 2.40. The first-order chi connectivity index (χ1) is 26.2. The number of aromatic nitrogens is 2. The van der Waals surface area contributed by atoms with Gasteiger partial charge < -0.3 is 24.1 Å². The summed E-state index contributed by atoms with van der Waals surface area (Å²) in [5, 5.41) is 13.9. The van der Waals surface area contributed by atoms with E-state index in [-0.39, 0.29) is 30.8 Å². The molecule has 0 saturated carbocycles. The van der Waals surface area contributed by atoms with Crippen LogP contribution in [0.5, 0.6) is 0 Å². The summed E-state index contributed by atoms with van der Waals surface area (Å²) in [6, 6.07) is -2.66. The van der Waals surface area contributed by atoms with Crippen LogP contribution in [0.3, 0.4) is 0 Å². The summed E-state index contributed by atoms with van der Waals surface area (Å²) in [4.78, 5) is 46.1. The second kappa shape index (κ2) is 18.8. The van der Waals surface area contributed by atoms with Gasteiger partial charge in [0, 0.05) is 18.6 Å². The second-order valence-corrected chi connectivity index (χ2v) is 18.0. The van der Waals surface area contributed by atoms with Crippen molar-refractivity contribution < 1.29 is 45.3 Å². The van der Waals surface area contributed by atoms with E-state index in [1.165, 1.54) is 4.90 Å². The summed E-state index contributed by atoms with van der Waals surface area (Å²) in [7, 11) is -4.70. The quantitative estimate of drug-likeness (QED) is 0.145. The van der Waals surface area contributed by atoms with Crippen molar-refractivity contribution in [2.45, 2.75) is 181 Å². The third kappa shape index (κ3) is 11.8. The van der Waals surface area contributed by atoms with Crippen molar-refractivity contribution in [3.05, 3.63) is 11.8 Å². The average molecular weight is 813 g/mol. The predicted molar refractivity (Wildman–Crippen MR) is 206 cm³/mol. The van der Waals surface area contributed by atoms with E-state index >= 15 is 0 Å². The third-order valence-electron chi connectivity index (χ3n) is 9.79. The Labute approximate surface area is 332 Å². The first-order valence-electron chi connectivity index (χ1n) is 20.2. The monoisotopic (exact) mass is 812 g/mol. The highest BCUT2D eigenvalue weighted by Gasteiger charge is 2.51. The molecule has 1 unspecified atom stereocenters. The van der Waals surface area contributed by atoms with Crippen LogP contribution in [0.15, 0.2) is 9.41 Å². The molecule has 56 heavy (non-hydrogen) atoms. The van der Waals surface area contributed by atoms with Crippen LogP contribution in [0.4, 0.5) is 14.4 Å². The Kier molecular flexibility index (Phi) is 15.2. The fraction of sp³-hybridized carbons (Fsp3) is 0.838. The SMILES string of the molecule is CCCCN(OS(=O)(=O)ON1C(=O)N2C[C@@H]1CC[C@H]2c1nnc(C2CN(C(=O)OC(C)(C)C)/C(=N\C(=O)OC(C)(C)C)N2)o1)C(CCC)(CCCC)CCCC. The zero-order valence-corrected chi connectivity index (χ0v) is 35.8. The molecule has 1 aromatic rings. The standard InChI is InChI=1S/C37H64N8O10S/c1-11-15-21-37(20-14-4,22-16-12-2)44(23-17-13-3)54-56(49,50)55-45-26-18-19-28(42(24-26)33(45)47)30-41-40-29(51-30)27-25-43(34(48)53-36(8,9)10)31(38-27)39-32(46)52-35(5,6)7/h26-28H,11-25H2,1-10H3,(H,38,39,46)/t26-,27?,28-/m0/s1. The molecule has 18 nitrogen and oxygen atoms in total. The maximum atomic E-state index is 13.8. The summed E-state index contributed by atoms with van der Waals surface area (Å²) in [5.74, 6) is 0.0909. The first-order valence-corrected chi connectivity index (χ1v) is 21.5. The van der Waals surface area contributed by atoms with Crippen LogP contribution < -0.4 is 5.32 Å². The molecule has 19 heteroatoms. The Morgan fingerprint density at radius 3 is 2.09 bits per heavy atom. The number of piperidine rings is 1. The van der Waals surface area contributed by atoms with Gasteiger partial charge >= 0.3 is 28.6 Å². The molecule has 1 N–H and O–H groups in total. The van der Waals surface area contributed by atoms with Crippen LogP contribution in [0.25, 0.3) is 0 Å². The molecule has 3 atom stereocenters. The summed E-state index contributed by atoms with van der Waals surface area (Å²) < 4.78 is 55.7. The van der Waals surface area contributed by atoms with E-state index in [4.69, 9.17) is 22.5 Å². The van der Waals surface area contributed by atoms with Gasteiger partial charge in [0.15, 0.2) is 0 Å². The zero-order valence-electron chi connectivity index (χ0n) is 35.0. The van der Waals surface area contributed by atoms with Crippen LogP contribution in [0, 0.1) is 0 Å². The molecule has 0 radical (unpaired) electrons. The number of amides is 4. The number of rotatable bonds is 18. The number of hydroxylamine groups is 4. The van der Waals surface area contributed by atoms with Gasteiger partial charge in [0.2, 0.25) is 17.7 Å². The Balaban J connectivity index is 1.51. The number of nitrogens with one attached hydrogen (secondary N) is 1. The molecule has 4 rings (SSSR count). The van der Waals surface area contributed by atoms with Crippen LogP contribution in [0.2, 0.25) is 0 Å². The van der Waals surface area contributed by atoms with Crippen molar-refractivity contribution in [3.63, 3.8) is 0 Å². The van der Waals surface area contributed by atoms with Crippen LogP contribution in [-0.2, 0) is 28.4 Å². The molecule has 318 valence electrons. The number of guanidine groups is 1. The van der Waals surface area contributed by atoms with Gasteiger partial charge in [-0.15, -0.1) is 19.5 Å². The maximum Gasteiger partial charge on any atom is 0.437 e. The molecule has 3 saturated heterocycles. The number of hydrogen-bond acceptors (Lipinski definition) is 13. The lowest BCUT2D eigenvalue weighted by Crippen LogP contribution is -2.51. The van der Waals surface area contributed by atoms with Crippen molar-refractivity contribution in [3.8, 4) is 0 Å². The molecule has 2 bridgehead atoms. The van der Waals surface area contributed by atoms with Gasteiger partial charge in [-0.05, 0) is 80.1 Å². The lowest BCUT2D eigenvalue weighted by Gasteiger charge is -2.43. The van der Waals surface area contributed by atoms with E-state index in [0.717, 1.165) is 74.2 Å². The van der Waals surface area contributed by atoms with Gasteiger partial charge in [-0.25, -0.2) is 19.3 Å². The van der Waals surface area contributed by atoms with Crippen molar-refractivity contribution >= 4 is 34.6 Å². The molecule has 3 fully saturated rings. The van der Waals surface area contributed by atoms with Crippen LogP contribution >= 0.6 is 0 Å². The van der Waals surface area contributed by atoms with Crippen molar-refractivity contribution in [1.82, 2.24) is 35.4 Å². The van der Waals surface area contributed by atoms with E-state index < -0.39 is 63.5 Å². The molecule has 0 spiro atoms. The number of unbranched alkanes of at least 4 members (excludes halogenated alkanes) is 3. The highest BCUT2D eigenvalue weighted by atomic mass is 32.3. The number of hydrogen-bond donors (Lipinski definition) is 1. The predicted octanol–water partition coefficient (Wildman–Crippen LogP) is 7.31. The minimum absolute atomic E-state index is 0.0568. The minimum atomic E-state index is -4.70. The van der Waals surface area contributed by atoms with E-state index in [0.29, 0.717) is 19.4 Å². The Morgan fingerprint density at radius 2 is 1.50 bits per heavy atom. The Hall–Kier alpha value is -3.55.